The second-order valence-corrected chi connectivity index (χ2v) is 12.5. The van der Waals surface area contributed by atoms with Gasteiger partial charge in [0.25, 0.3) is 0 Å². The molecule has 1 heterocycles. The van der Waals surface area contributed by atoms with E-state index in [1.165, 1.54) is 43.8 Å². The molecule has 2 aliphatic rings. The van der Waals surface area contributed by atoms with Crippen molar-refractivity contribution in [3.63, 3.8) is 0 Å². The first kappa shape index (κ1) is 27.2. The van der Waals surface area contributed by atoms with E-state index in [4.69, 9.17) is 25.1 Å². The minimum atomic E-state index is -0.346. The maximum atomic E-state index is 6.88. The molecule has 0 spiro atoms. The summed E-state index contributed by atoms with van der Waals surface area (Å²) in [7, 11) is 15.9. The molecule has 0 saturated carbocycles. The molecule has 0 bridgehead atoms. The third-order valence-electron chi connectivity index (χ3n) is 6.39. The Balaban J connectivity index is 0.000000233. The second kappa shape index (κ2) is 14.2. The van der Waals surface area contributed by atoms with E-state index in [-0.39, 0.29) is 21.7 Å². The Bertz CT molecular complexity index is 1020. The van der Waals surface area contributed by atoms with Gasteiger partial charge >= 0.3 is 34.5 Å². The average Bonchev–Trinajstić information content (AvgIpc) is 2.86. The van der Waals surface area contributed by atoms with E-state index in [1.54, 1.807) is 34.0 Å². The number of aromatic nitrogens is 1. The van der Waals surface area contributed by atoms with E-state index >= 15 is 0 Å². The van der Waals surface area contributed by atoms with Crippen LogP contribution in [0.4, 0.5) is 0 Å². The van der Waals surface area contributed by atoms with Crippen LogP contribution in [-0.2, 0) is 41.0 Å². The third-order valence-corrected chi connectivity index (χ3v) is 7.62. The van der Waals surface area contributed by atoms with Crippen LogP contribution in [0.5, 0.6) is 0 Å². The van der Waals surface area contributed by atoms with Crippen molar-refractivity contribution in [2.75, 3.05) is 0 Å². The summed E-state index contributed by atoms with van der Waals surface area (Å²) in [4.78, 5) is 3.91. The molecule has 0 amide bonds. The molecule has 2 nitrogen and oxygen atoms in total. The summed E-state index contributed by atoms with van der Waals surface area (Å²) in [5, 5.41) is 1.41. The quantitative estimate of drug-likeness (QED) is 0.222. The van der Waals surface area contributed by atoms with Gasteiger partial charge in [-0.15, -0.1) is 25.0 Å². The molecule has 2 aliphatic carbocycles. The van der Waals surface area contributed by atoms with Gasteiger partial charge in [-0.2, -0.15) is 0 Å². The van der Waals surface area contributed by atoms with Crippen molar-refractivity contribution >= 4 is 43.2 Å². The number of halogens is 2. The normalized spacial score (nSPS) is 18.7. The van der Waals surface area contributed by atoms with Gasteiger partial charge in [0.2, 0.25) is 0 Å². The van der Waals surface area contributed by atoms with Crippen LogP contribution in [0.25, 0.3) is 5.73 Å². The first-order chi connectivity index (χ1) is 16.1. The summed E-state index contributed by atoms with van der Waals surface area (Å²) in [5.74, 6) is 0.551. The number of hydrogen-bond acceptors (Lipinski definition) is 1. The Hall–Kier alpha value is -0.387. The first-order valence-electron chi connectivity index (χ1n) is 11.2. The number of benzene rings is 2. The van der Waals surface area contributed by atoms with Gasteiger partial charge in [0, 0.05) is 17.8 Å². The Morgan fingerprint density at radius 2 is 1.67 bits per heavy atom. The maximum absolute atomic E-state index is 6.88. The standard InChI is InChI=1S/C20H24P2.C6H7N2.2ClH.Ru/c21-17-11-9-13-5-1-3-7-15(13)19(17)20-16-8-4-2-6-14(16)10-12-18(20)22;7-5-6-3-1-2-4-8-6;;;/h1,3,5,7,10,12,17,19H,2,4,6,8-9,11,21-22H2;1-4,7H,5H2;2*1H;/q;-1;;;+2/p-2/t17?,19-;;;;/m1..../s1. The van der Waals surface area contributed by atoms with Crippen molar-refractivity contribution in [1.82, 2.24) is 4.98 Å². The molecule has 0 radical (unpaired) electrons. The van der Waals surface area contributed by atoms with E-state index < -0.39 is 0 Å². The summed E-state index contributed by atoms with van der Waals surface area (Å²) < 4.78 is 0. The second-order valence-electron chi connectivity index (χ2n) is 8.34. The molecule has 33 heavy (non-hydrogen) atoms. The van der Waals surface area contributed by atoms with Crippen LogP contribution in [0.15, 0.2) is 60.8 Å². The summed E-state index contributed by atoms with van der Waals surface area (Å²) in [5.41, 5.74) is 16.4. The van der Waals surface area contributed by atoms with Crippen LogP contribution in [0.2, 0.25) is 0 Å². The number of nitrogens with one attached hydrogen (secondary N) is 1. The van der Waals surface area contributed by atoms with Crippen molar-refractivity contribution < 1.29 is 15.1 Å². The van der Waals surface area contributed by atoms with Crippen LogP contribution >= 0.6 is 37.9 Å². The summed E-state index contributed by atoms with van der Waals surface area (Å²) in [6, 6.07) is 19.4. The number of fused-ring (bicyclic) bond motifs is 2. The van der Waals surface area contributed by atoms with Crippen molar-refractivity contribution in [3.05, 3.63) is 100 Å². The fourth-order valence-corrected chi connectivity index (χ4v) is 5.92. The van der Waals surface area contributed by atoms with Crippen molar-refractivity contribution in [3.8, 4) is 0 Å². The van der Waals surface area contributed by atoms with Crippen LogP contribution in [0, 0.1) is 0 Å². The van der Waals surface area contributed by atoms with Gasteiger partial charge in [0.1, 0.15) is 0 Å². The molecule has 0 aliphatic heterocycles. The van der Waals surface area contributed by atoms with Gasteiger partial charge < -0.3 is 5.73 Å². The molecule has 5 rings (SSSR count). The van der Waals surface area contributed by atoms with Crippen LogP contribution in [-0.4, -0.2) is 10.6 Å². The molecular weight excluding hydrogens is 574 g/mol. The van der Waals surface area contributed by atoms with Crippen molar-refractivity contribution in [2.45, 2.75) is 56.6 Å². The minimum absolute atomic E-state index is 0.279. The predicted octanol–water partition coefficient (Wildman–Crippen LogP) is 7.40. The fourth-order valence-electron chi connectivity index (χ4n) is 4.90. The summed E-state index contributed by atoms with van der Waals surface area (Å²) >= 11 is -0.346. The zero-order valence-corrected chi connectivity index (χ0v) is 24.1. The molecule has 0 fully saturated rings. The van der Waals surface area contributed by atoms with E-state index in [2.05, 4.69) is 59.9 Å². The Labute approximate surface area is 218 Å². The molecule has 2 aromatic carbocycles. The SMILES string of the molecule is Pc1ccc2c(c1[C@@H]1c3ccccc3CCC1P)CCCC2.[Cl][Ru][Cl].[NH-]Cc1ccccn1. The maximum Gasteiger partial charge on any atom is 0.0270 e. The first-order valence-corrected chi connectivity index (χ1v) is 17.0. The zero-order chi connectivity index (χ0) is 23.6. The van der Waals surface area contributed by atoms with Gasteiger partial charge in [-0.25, -0.2) is 0 Å². The number of aryl methyl sites for hydroxylation is 2. The fraction of sp³-hybridized carbons (Fsp3) is 0.346. The molecular formula is C26H31Cl2N2P2Ru-. The molecule has 0 saturated heterocycles. The topological polar surface area (TPSA) is 36.7 Å². The van der Waals surface area contributed by atoms with Crippen molar-refractivity contribution in [2.24, 2.45) is 0 Å². The molecule has 3 aromatic rings. The number of hydrogen-bond donors (Lipinski definition) is 0. The molecule has 1 aromatic heterocycles. The molecule has 1 N–H and O–H groups in total. The minimum Gasteiger partial charge on any atom is -0.672 e. The van der Waals surface area contributed by atoms with Gasteiger partial charge in [-0.3, -0.25) is 4.98 Å². The van der Waals surface area contributed by atoms with E-state index in [9.17, 15) is 0 Å². The summed E-state index contributed by atoms with van der Waals surface area (Å²) in [6.07, 6.45) is 9.44. The van der Waals surface area contributed by atoms with Crippen LogP contribution in [0.3, 0.4) is 0 Å². The Kier molecular flexibility index (Phi) is 11.7. The van der Waals surface area contributed by atoms with E-state index in [0.29, 0.717) is 11.6 Å². The third kappa shape index (κ3) is 7.30. The smallest absolute Gasteiger partial charge is 0.0270 e. The van der Waals surface area contributed by atoms with Gasteiger partial charge in [0.15, 0.2) is 0 Å². The monoisotopic (exact) mass is 605 g/mol. The number of nitrogens with zero attached hydrogens (tertiary/aromatic N) is 1. The number of pyridine rings is 1. The molecule has 7 heteroatoms. The van der Waals surface area contributed by atoms with E-state index in [1.807, 2.05) is 18.2 Å². The Morgan fingerprint density at radius 1 is 0.939 bits per heavy atom. The summed E-state index contributed by atoms with van der Waals surface area (Å²) in [6.45, 7) is 0.279. The Morgan fingerprint density at radius 3 is 2.36 bits per heavy atom. The molecule has 178 valence electrons. The van der Waals surface area contributed by atoms with Crippen LogP contribution in [0.1, 0.15) is 58.7 Å². The molecule has 4 atom stereocenters. The van der Waals surface area contributed by atoms with Gasteiger partial charge in [-0.05, 0) is 89.4 Å². The predicted molar refractivity (Wildman–Crippen MR) is 147 cm³/mol. The molecule has 3 unspecified atom stereocenters. The number of rotatable bonds is 2. The largest absolute Gasteiger partial charge is 0.672 e. The van der Waals surface area contributed by atoms with Gasteiger partial charge in [-0.1, -0.05) is 42.5 Å². The van der Waals surface area contributed by atoms with Crippen LogP contribution < -0.4 is 5.30 Å². The van der Waals surface area contributed by atoms with E-state index in [0.717, 1.165) is 5.69 Å². The van der Waals surface area contributed by atoms with Crippen molar-refractivity contribution in [1.29, 1.82) is 0 Å². The average molecular weight is 605 g/mol. The van der Waals surface area contributed by atoms with Gasteiger partial charge in [0.05, 0.1) is 0 Å². The zero-order valence-electron chi connectivity index (χ0n) is 18.6.